The van der Waals surface area contributed by atoms with Gasteiger partial charge in [0.15, 0.2) is 11.3 Å². The van der Waals surface area contributed by atoms with Crippen molar-refractivity contribution in [3.05, 3.63) is 71.1 Å². The number of benzene rings is 1. The second-order valence-corrected chi connectivity index (χ2v) is 7.34. The number of pyridine rings is 1. The molecule has 0 spiro atoms. The number of Topliss-reactive ketones (excluding diaryl/α,β-unsaturated/α-hetero) is 1. The van der Waals surface area contributed by atoms with Gasteiger partial charge in [-0.1, -0.05) is 0 Å². The van der Waals surface area contributed by atoms with Gasteiger partial charge in [0.05, 0.1) is 6.61 Å². The summed E-state index contributed by atoms with van der Waals surface area (Å²) in [5, 5.41) is 31.5. The summed E-state index contributed by atoms with van der Waals surface area (Å²) in [6.07, 6.45) is 3.76. The van der Waals surface area contributed by atoms with Crippen LogP contribution in [0, 0.1) is 6.92 Å². The number of carboxylic acid groups (broad SMARTS) is 1. The number of ketones is 1. The highest BCUT2D eigenvalue weighted by Crippen LogP contribution is 2.31. The lowest BCUT2D eigenvalue weighted by molar-refractivity contribution is -0.134. The number of aliphatic hydroxyl groups excluding tert-OH is 2. The first-order valence-corrected chi connectivity index (χ1v) is 10.0. The summed E-state index contributed by atoms with van der Waals surface area (Å²) >= 11 is 0. The first-order valence-electron chi connectivity index (χ1n) is 10.0. The molecule has 1 atom stereocenters. The molecule has 1 unspecified atom stereocenters. The number of ether oxygens (including phenoxy) is 2. The Balaban J connectivity index is 1.58. The number of anilines is 1. The van der Waals surface area contributed by atoms with Gasteiger partial charge >= 0.3 is 5.97 Å². The maximum absolute atomic E-state index is 12.8. The second-order valence-electron chi connectivity index (χ2n) is 7.34. The Morgan fingerprint density at radius 3 is 2.91 bits per heavy atom. The number of aromatic nitrogens is 2. The monoisotopic (exact) mass is 451 g/mol. The molecule has 2 aromatic heterocycles. The third kappa shape index (κ3) is 4.56. The molecule has 3 heterocycles. The Morgan fingerprint density at radius 2 is 2.18 bits per heavy atom. The van der Waals surface area contributed by atoms with Crippen molar-refractivity contribution in [3.8, 4) is 5.75 Å². The molecule has 4 rings (SSSR count). The van der Waals surface area contributed by atoms with Crippen molar-refractivity contribution in [2.45, 2.75) is 13.0 Å². The zero-order valence-electron chi connectivity index (χ0n) is 17.5. The molecule has 0 amide bonds. The standard InChI is InChI=1S/C23H21N3O7/c1-12-7-15(32-11-14(28)10-27)4-5-17(12)26-22-19(23(30)31)20(29)18(33-22)8-13-9-25-21-16(13)3-2-6-24-21/h2-9,14,26-28H,10-11H2,1H3,(H,24,25)(H,30,31). The third-order valence-electron chi connectivity index (χ3n) is 4.97. The third-order valence-corrected chi connectivity index (χ3v) is 4.97. The fourth-order valence-electron chi connectivity index (χ4n) is 3.28. The number of H-pyrrole nitrogens is 1. The number of carboxylic acids is 1. The number of hydrogen-bond donors (Lipinski definition) is 5. The minimum atomic E-state index is -1.41. The molecule has 0 saturated heterocycles. The van der Waals surface area contributed by atoms with Crippen LogP contribution >= 0.6 is 0 Å². The summed E-state index contributed by atoms with van der Waals surface area (Å²) in [6.45, 7) is 1.26. The van der Waals surface area contributed by atoms with Crippen LogP contribution in [0.1, 0.15) is 11.1 Å². The van der Waals surface area contributed by atoms with Gasteiger partial charge in [0, 0.05) is 29.0 Å². The summed E-state index contributed by atoms with van der Waals surface area (Å²) in [4.78, 5) is 31.7. The maximum Gasteiger partial charge on any atom is 0.345 e. The maximum atomic E-state index is 12.8. The number of aromatic amines is 1. The van der Waals surface area contributed by atoms with E-state index >= 15 is 0 Å². The molecule has 3 aromatic rings. The minimum Gasteiger partial charge on any atom is -0.491 e. The second kappa shape index (κ2) is 9.15. The molecular formula is C23H21N3O7. The van der Waals surface area contributed by atoms with E-state index in [-0.39, 0.29) is 18.2 Å². The van der Waals surface area contributed by atoms with Gasteiger partial charge in [-0.15, -0.1) is 0 Å². The number of fused-ring (bicyclic) bond motifs is 1. The molecule has 0 bridgehead atoms. The van der Waals surface area contributed by atoms with E-state index in [0.29, 0.717) is 28.2 Å². The average molecular weight is 451 g/mol. The van der Waals surface area contributed by atoms with E-state index in [1.54, 1.807) is 43.6 Å². The molecule has 1 aromatic carbocycles. The van der Waals surface area contributed by atoms with E-state index < -0.39 is 30.0 Å². The van der Waals surface area contributed by atoms with Crippen molar-refractivity contribution in [3.63, 3.8) is 0 Å². The van der Waals surface area contributed by atoms with E-state index in [0.717, 1.165) is 5.39 Å². The Bertz CT molecular complexity index is 1290. The zero-order chi connectivity index (χ0) is 23.5. The number of carbonyl (C=O) groups excluding carboxylic acids is 1. The molecule has 5 N–H and O–H groups in total. The van der Waals surface area contributed by atoms with Crippen LogP contribution in [0.3, 0.4) is 0 Å². The lowest BCUT2D eigenvalue weighted by Gasteiger charge is -2.14. The molecule has 1 aliphatic heterocycles. The van der Waals surface area contributed by atoms with Gasteiger partial charge < -0.3 is 35.1 Å². The molecule has 0 fully saturated rings. The average Bonchev–Trinajstić information content (AvgIpc) is 3.34. The number of nitrogens with one attached hydrogen (secondary N) is 2. The minimum absolute atomic E-state index is 0.0772. The van der Waals surface area contributed by atoms with Crippen molar-refractivity contribution in [1.29, 1.82) is 0 Å². The molecule has 10 heteroatoms. The highest BCUT2D eigenvalue weighted by Gasteiger charge is 2.36. The summed E-state index contributed by atoms with van der Waals surface area (Å²) in [5.41, 5.74) is 1.94. The highest BCUT2D eigenvalue weighted by molar-refractivity contribution is 6.26. The van der Waals surface area contributed by atoms with Gasteiger partial charge in [-0.2, -0.15) is 0 Å². The smallest absolute Gasteiger partial charge is 0.345 e. The van der Waals surface area contributed by atoms with E-state index in [1.807, 2.05) is 6.07 Å². The van der Waals surface area contributed by atoms with Crippen LogP contribution in [0.25, 0.3) is 17.1 Å². The predicted molar refractivity (Wildman–Crippen MR) is 118 cm³/mol. The van der Waals surface area contributed by atoms with E-state index in [9.17, 15) is 19.8 Å². The number of aliphatic hydroxyl groups is 2. The van der Waals surface area contributed by atoms with Gasteiger partial charge in [0.25, 0.3) is 0 Å². The van der Waals surface area contributed by atoms with Crippen molar-refractivity contribution in [1.82, 2.24) is 9.97 Å². The molecule has 1 aliphatic rings. The summed E-state index contributed by atoms with van der Waals surface area (Å²) in [6, 6.07) is 8.47. The van der Waals surface area contributed by atoms with Crippen LogP contribution in [-0.4, -0.2) is 56.4 Å². The summed E-state index contributed by atoms with van der Waals surface area (Å²) < 4.78 is 11.0. The largest absolute Gasteiger partial charge is 0.491 e. The lowest BCUT2D eigenvalue weighted by Crippen LogP contribution is -2.21. The molecule has 33 heavy (non-hydrogen) atoms. The van der Waals surface area contributed by atoms with E-state index in [1.165, 1.54) is 6.08 Å². The topological polar surface area (TPSA) is 154 Å². The number of aryl methyl sites for hydroxylation is 1. The first-order chi connectivity index (χ1) is 15.9. The fraction of sp³-hybridized carbons (Fsp3) is 0.174. The Kier molecular flexibility index (Phi) is 6.11. The molecule has 0 radical (unpaired) electrons. The van der Waals surface area contributed by atoms with Crippen LogP contribution < -0.4 is 10.1 Å². The fourth-order valence-corrected chi connectivity index (χ4v) is 3.28. The van der Waals surface area contributed by atoms with Gasteiger partial charge in [-0.3, -0.25) is 4.79 Å². The SMILES string of the molecule is Cc1cc(OCC(O)CO)ccc1NC1=C(C(=O)O)C(=O)C(=Cc2c[nH]c3ncccc23)O1. The quantitative estimate of drug-likeness (QED) is 0.255. The van der Waals surface area contributed by atoms with E-state index in [4.69, 9.17) is 14.6 Å². The number of nitrogens with zero attached hydrogens (tertiary/aromatic N) is 1. The number of aliphatic carboxylic acids is 1. The van der Waals surface area contributed by atoms with Crippen LogP contribution in [0.4, 0.5) is 5.69 Å². The number of hydrogen-bond acceptors (Lipinski definition) is 8. The van der Waals surface area contributed by atoms with Gasteiger partial charge in [-0.05, 0) is 48.9 Å². The summed E-state index contributed by atoms with van der Waals surface area (Å²) in [5.74, 6) is -2.03. The Labute approximate surface area is 187 Å². The van der Waals surface area contributed by atoms with E-state index in [2.05, 4.69) is 15.3 Å². The molecule has 0 saturated carbocycles. The van der Waals surface area contributed by atoms with Crippen LogP contribution in [0.15, 0.2) is 59.9 Å². The number of carbonyl (C=O) groups is 2. The predicted octanol–water partition coefficient (Wildman–Crippen LogP) is 1.95. The van der Waals surface area contributed by atoms with Crippen LogP contribution in [0.2, 0.25) is 0 Å². The van der Waals surface area contributed by atoms with Gasteiger partial charge in [0.1, 0.15) is 24.1 Å². The zero-order valence-corrected chi connectivity index (χ0v) is 17.5. The van der Waals surface area contributed by atoms with Crippen LogP contribution in [0.5, 0.6) is 5.75 Å². The molecule has 170 valence electrons. The van der Waals surface area contributed by atoms with Crippen molar-refractivity contribution in [2.24, 2.45) is 0 Å². The van der Waals surface area contributed by atoms with Crippen LogP contribution in [-0.2, 0) is 14.3 Å². The Hall–Kier alpha value is -4.15. The van der Waals surface area contributed by atoms with Crippen molar-refractivity contribution >= 4 is 34.5 Å². The number of allylic oxidation sites excluding steroid dienone is 1. The Morgan fingerprint density at radius 1 is 1.36 bits per heavy atom. The first kappa shape index (κ1) is 22.1. The van der Waals surface area contributed by atoms with Crippen molar-refractivity contribution in [2.75, 3.05) is 18.5 Å². The highest BCUT2D eigenvalue weighted by atomic mass is 16.5. The number of rotatable bonds is 8. The molecule has 0 aliphatic carbocycles. The van der Waals surface area contributed by atoms with Gasteiger partial charge in [0.2, 0.25) is 11.7 Å². The lowest BCUT2D eigenvalue weighted by atomic mass is 10.1. The summed E-state index contributed by atoms with van der Waals surface area (Å²) in [7, 11) is 0. The molecule has 10 nitrogen and oxygen atoms in total. The van der Waals surface area contributed by atoms with Gasteiger partial charge in [-0.25, -0.2) is 9.78 Å². The van der Waals surface area contributed by atoms with Crippen molar-refractivity contribution < 1.29 is 34.4 Å². The normalized spacial score (nSPS) is 15.7. The molecular weight excluding hydrogens is 430 g/mol.